The molecule has 38 heavy (non-hydrogen) atoms. The summed E-state index contributed by atoms with van der Waals surface area (Å²) in [4.78, 5) is 15.9. The number of ether oxygens (including phenoxy) is 3. The van der Waals surface area contributed by atoms with Crippen LogP contribution in [-0.2, 0) is 25.7 Å². The van der Waals surface area contributed by atoms with Crippen LogP contribution in [0.1, 0.15) is 50.2 Å². The molecule has 1 fully saturated rings. The molecule has 1 aliphatic rings. The summed E-state index contributed by atoms with van der Waals surface area (Å²) in [6, 6.07) is 5.26. The third-order valence-corrected chi connectivity index (χ3v) is 6.85. The molecule has 208 valence electrons. The lowest BCUT2D eigenvalue weighted by molar-refractivity contribution is -0.137. The lowest BCUT2D eigenvalue weighted by atomic mass is 10.1. The normalized spacial score (nSPS) is 14.0. The average Bonchev–Trinajstić information content (AvgIpc) is 3.66. The summed E-state index contributed by atoms with van der Waals surface area (Å²) in [5.41, 5.74) is -0.748. The quantitative estimate of drug-likeness (QED) is 0.225. The fraction of sp³-hybridized carbons (Fsp3) is 0.440. The number of nitrogens with one attached hydrogen (secondary N) is 1. The van der Waals surface area contributed by atoms with Gasteiger partial charge in [-0.25, -0.2) is 18.1 Å². The Labute approximate surface area is 224 Å². The molecule has 1 aliphatic carbocycles. The van der Waals surface area contributed by atoms with Gasteiger partial charge in [0.1, 0.15) is 23.1 Å². The second-order valence-corrected chi connectivity index (χ2v) is 10.8. The molecule has 0 unspecified atom stereocenters. The molecular formula is C25H28ClF3N2O6S. The van der Waals surface area contributed by atoms with Crippen molar-refractivity contribution in [3.63, 3.8) is 0 Å². The van der Waals surface area contributed by atoms with Crippen LogP contribution < -0.4 is 14.2 Å². The van der Waals surface area contributed by atoms with Crippen molar-refractivity contribution in [3.05, 3.63) is 52.7 Å². The summed E-state index contributed by atoms with van der Waals surface area (Å²) in [6.07, 6.45) is 2.53. The monoisotopic (exact) mass is 576 g/mol. The first kappa shape index (κ1) is 29.7. The van der Waals surface area contributed by atoms with Crippen LogP contribution in [0.25, 0.3) is 6.08 Å². The van der Waals surface area contributed by atoms with Crippen LogP contribution in [0.5, 0.6) is 17.4 Å². The number of hydrogen-bond donors (Lipinski definition) is 1. The first-order valence-corrected chi connectivity index (χ1v) is 14.0. The molecule has 0 atom stereocenters. The maximum atomic E-state index is 13.0. The predicted octanol–water partition coefficient (Wildman–Crippen LogP) is 5.75. The summed E-state index contributed by atoms with van der Waals surface area (Å²) in [5.74, 6) is -0.914. The number of benzene rings is 1. The Kier molecular flexibility index (Phi) is 10.4. The van der Waals surface area contributed by atoms with Gasteiger partial charge in [0, 0.05) is 23.9 Å². The van der Waals surface area contributed by atoms with Crippen LogP contribution >= 0.6 is 11.6 Å². The number of nitrogens with zero attached hydrogens (tertiary/aromatic N) is 1. The molecule has 0 aliphatic heterocycles. The number of pyridine rings is 1. The van der Waals surface area contributed by atoms with Crippen molar-refractivity contribution in [1.29, 1.82) is 0 Å². The van der Waals surface area contributed by atoms with Gasteiger partial charge in [0.05, 0.1) is 24.0 Å². The molecular weight excluding hydrogens is 549 g/mol. The van der Waals surface area contributed by atoms with Gasteiger partial charge in [0.15, 0.2) is 0 Å². The molecule has 3 rings (SSSR count). The molecule has 0 spiro atoms. The Hall–Kier alpha value is -2.83. The fourth-order valence-corrected chi connectivity index (χ4v) is 4.41. The van der Waals surface area contributed by atoms with E-state index in [-0.39, 0.29) is 35.1 Å². The molecule has 0 saturated heterocycles. The zero-order valence-electron chi connectivity index (χ0n) is 20.6. The highest BCUT2D eigenvalue weighted by molar-refractivity contribution is 7.90. The lowest BCUT2D eigenvalue weighted by Gasteiger charge is -2.13. The van der Waals surface area contributed by atoms with Crippen molar-refractivity contribution in [2.75, 3.05) is 19.0 Å². The SMILES string of the molecule is CCCCCS(=O)(=O)NC(=O)C=Cc1ccc(OCCOC2CC2)cc1Oc1ncc(C(F)(F)F)cc1Cl. The summed E-state index contributed by atoms with van der Waals surface area (Å²) in [6.45, 7) is 2.56. The van der Waals surface area contributed by atoms with Gasteiger partial charge in [-0.1, -0.05) is 31.4 Å². The second-order valence-electron chi connectivity index (χ2n) is 8.55. The van der Waals surface area contributed by atoms with Crippen LogP contribution in [0.2, 0.25) is 5.02 Å². The molecule has 1 heterocycles. The van der Waals surface area contributed by atoms with Crippen LogP contribution in [0.15, 0.2) is 36.5 Å². The maximum absolute atomic E-state index is 13.0. The van der Waals surface area contributed by atoms with Crippen molar-refractivity contribution in [2.45, 2.75) is 51.3 Å². The number of hydrogen-bond acceptors (Lipinski definition) is 7. The number of carbonyl (C=O) groups is 1. The highest BCUT2D eigenvalue weighted by Gasteiger charge is 2.32. The molecule has 1 saturated carbocycles. The van der Waals surface area contributed by atoms with E-state index in [0.29, 0.717) is 43.0 Å². The largest absolute Gasteiger partial charge is 0.491 e. The van der Waals surface area contributed by atoms with Crippen LogP contribution in [0.3, 0.4) is 0 Å². The third kappa shape index (κ3) is 9.80. The Morgan fingerprint density at radius 2 is 1.97 bits per heavy atom. The van der Waals surface area contributed by atoms with Gasteiger partial charge in [-0.3, -0.25) is 4.79 Å². The topological polar surface area (TPSA) is 104 Å². The van der Waals surface area contributed by atoms with Crippen molar-refractivity contribution in [2.24, 2.45) is 0 Å². The summed E-state index contributed by atoms with van der Waals surface area (Å²) < 4.78 is 81.9. The minimum atomic E-state index is -4.64. The summed E-state index contributed by atoms with van der Waals surface area (Å²) >= 11 is 5.98. The van der Waals surface area contributed by atoms with Gasteiger partial charge in [0.2, 0.25) is 15.9 Å². The van der Waals surface area contributed by atoms with Gasteiger partial charge in [-0.2, -0.15) is 13.2 Å². The number of carbonyl (C=O) groups excluding carboxylic acids is 1. The van der Waals surface area contributed by atoms with Crippen molar-refractivity contribution >= 4 is 33.6 Å². The van der Waals surface area contributed by atoms with E-state index in [0.717, 1.165) is 25.3 Å². The Morgan fingerprint density at radius 1 is 1.21 bits per heavy atom. The molecule has 8 nitrogen and oxygen atoms in total. The minimum Gasteiger partial charge on any atom is -0.491 e. The number of rotatable bonds is 14. The molecule has 0 radical (unpaired) electrons. The number of amides is 1. The first-order chi connectivity index (χ1) is 18.0. The molecule has 1 aromatic carbocycles. The summed E-state index contributed by atoms with van der Waals surface area (Å²) in [5, 5.41) is -0.380. The number of unbranched alkanes of at least 4 members (excludes halogenated alkanes) is 2. The van der Waals surface area contributed by atoms with Crippen molar-refractivity contribution in [3.8, 4) is 17.4 Å². The highest BCUT2D eigenvalue weighted by Crippen LogP contribution is 2.36. The van der Waals surface area contributed by atoms with Gasteiger partial charge in [-0.05, 0) is 43.5 Å². The van der Waals surface area contributed by atoms with Gasteiger partial charge in [0.25, 0.3) is 5.91 Å². The minimum absolute atomic E-state index is 0.0645. The van der Waals surface area contributed by atoms with Gasteiger partial charge < -0.3 is 14.2 Å². The number of alkyl halides is 3. The van der Waals surface area contributed by atoms with E-state index in [1.165, 1.54) is 18.2 Å². The lowest BCUT2D eigenvalue weighted by Crippen LogP contribution is -2.31. The Morgan fingerprint density at radius 3 is 2.63 bits per heavy atom. The fourth-order valence-electron chi connectivity index (χ4n) is 3.15. The smallest absolute Gasteiger partial charge is 0.417 e. The zero-order chi connectivity index (χ0) is 27.8. The Bertz CT molecular complexity index is 1250. The molecule has 1 aromatic heterocycles. The number of aromatic nitrogens is 1. The van der Waals surface area contributed by atoms with Gasteiger partial charge in [-0.15, -0.1) is 0 Å². The zero-order valence-corrected chi connectivity index (χ0v) is 22.2. The number of halogens is 4. The molecule has 0 bridgehead atoms. The van der Waals surface area contributed by atoms with Crippen molar-refractivity contribution < 1.29 is 40.6 Å². The van der Waals surface area contributed by atoms with Crippen LogP contribution in [0.4, 0.5) is 13.2 Å². The van der Waals surface area contributed by atoms with E-state index in [1.54, 1.807) is 6.07 Å². The van der Waals surface area contributed by atoms with Crippen molar-refractivity contribution in [1.82, 2.24) is 9.71 Å². The molecule has 1 N–H and O–H groups in total. The molecule has 1 amide bonds. The molecule has 2 aromatic rings. The van der Waals surface area contributed by atoms with E-state index in [1.807, 2.05) is 11.6 Å². The van der Waals surface area contributed by atoms with Crippen LogP contribution in [0, 0.1) is 0 Å². The van der Waals surface area contributed by atoms with E-state index >= 15 is 0 Å². The van der Waals surface area contributed by atoms with Crippen LogP contribution in [-0.4, -0.2) is 44.4 Å². The predicted molar refractivity (Wildman–Crippen MR) is 136 cm³/mol. The standard InChI is InChI=1S/C25H28ClF3N2O6S/c1-2-3-4-13-38(33,34)31-23(32)10-6-17-5-7-20(36-12-11-35-19-8-9-19)15-22(17)37-24-21(26)14-18(16-30-24)25(27,28)29/h5-7,10,14-16,19H,2-4,8-9,11-13H2,1H3,(H,31,32). The summed E-state index contributed by atoms with van der Waals surface area (Å²) in [7, 11) is -3.79. The van der Waals surface area contributed by atoms with E-state index in [9.17, 15) is 26.4 Å². The maximum Gasteiger partial charge on any atom is 0.417 e. The molecule has 13 heteroatoms. The highest BCUT2D eigenvalue weighted by atomic mass is 35.5. The average molecular weight is 577 g/mol. The van der Waals surface area contributed by atoms with Gasteiger partial charge >= 0.3 is 6.18 Å². The Balaban J connectivity index is 1.77. The van der Waals surface area contributed by atoms with E-state index in [2.05, 4.69) is 4.98 Å². The number of sulfonamides is 1. The van der Waals surface area contributed by atoms with E-state index in [4.69, 9.17) is 25.8 Å². The van der Waals surface area contributed by atoms with E-state index < -0.39 is 27.7 Å². The third-order valence-electron chi connectivity index (χ3n) is 5.24. The second kappa shape index (κ2) is 13.3. The first-order valence-electron chi connectivity index (χ1n) is 12.0.